The third-order valence-corrected chi connectivity index (χ3v) is 4.15. The molecule has 0 N–H and O–H groups in total. The summed E-state index contributed by atoms with van der Waals surface area (Å²) in [7, 11) is 3.85. The highest BCUT2D eigenvalue weighted by Gasteiger charge is 2.10. The largest absolute Gasteiger partial charge is 0.353 e. The fraction of sp³-hybridized carbons (Fsp3) is 0.250. The molecule has 0 aliphatic rings. The molecule has 2 aromatic heterocycles. The van der Waals surface area contributed by atoms with E-state index in [2.05, 4.69) is 20.2 Å². The van der Waals surface area contributed by atoms with Crippen LogP contribution in [0.4, 0.5) is 5.13 Å². The van der Waals surface area contributed by atoms with E-state index in [-0.39, 0.29) is 0 Å². The first-order valence-electron chi connectivity index (χ1n) is 4.31. The van der Waals surface area contributed by atoms with Gasteiger partial charge in [0.15, 0.2) is 4.34 Å². The van der Waals surface area contributed by atoms with Crippen LogP contribution in [0.2, 0.25) is 5.02 Å². The fourth-order valence-corrected chi connectivity index (χ4v) is 2.73. The Kier molecular flexibility index (Phi) is 3.57. The van der Waals surface area contributed by atoms with E-state index in [9.17, 15) is 0 Å². The van der Waals surface area contributed by atoms with Crippen molar-refractivity contribution in [3.05, 3.63) is 17.5 Å². The van der Waals surface area contributed by atoms with Crippen molar-refractivity contribution in [1.29, 1.82) is 0 Å². The van der Waals surface area contributed by atoms with Crippen molar-refractivity contribution < 1.29 is 0 Å². The Hall–Kier alpha value is -0.920. The van der Waals surface area contributed by atoms with Gasteiger partial charge in [-0.25, -0.2) is 9.97 Å². The summed E-state index contributed by atoms with van der Waals surface area (Å²) >= 11 is 8.82. The van der Waals surface area contributed by atoms with Crippen LogP contribution in [-0.2, 0) is 0 Å². The fourth-order valence-electron chi connectivity index (χ4n) is 0.884. The zero-order valence-electron chi connectivity index (χ0n) is 8.59. The van der Waals surface area contributed by atoms with E-state index in [1.54, 1.807) is 6.20 Å². The first-order chi connectivity index (χ1) is 7.66. The summed E-state index contributed by atoms with van der Waals surface area (Å²) in [4.78, 5) is 9.80. The van der Waals surface area contributed by atoms with E-state index < -0.39 is 0 Å². The van der Waals surface area contributed by atoms with Crippen molar-refractivity contribution in [2.75, 3.05) is 19.0 Å². The molecule has 16 heavy (non-hydrogen) atoms. The smallest absolute Gasteiger partial charge is 0.208 e. The maximum Gasteiger partial charge on any atom is 0.208 e. The van der Waals surface area contributed by atoms with E-state index >= 15 is 0 Å². The van der Waals surface area contributed by atoms with E-state index in [0.29, 0.717) is 10.0 Å². The highest BCUT2D eigenvalue weighted by molar-refractivity contribution is 8.01. The second-order valence-electron chi connectivity index (χ2n) is 3.02. The molecule has 2 aromatic rings. The molecule has 0 aliphatic carbocycles. The number of anilines is 1. The Morgan fingerprint density at radius 3 is 2.81 bits per heavy atom. The Labute approximate surface area is 106 Å². The van der Waals surface area contributed by atoms with Crippen molar-refractivity contribution in [3.8, 4) is 0 Å². The van der Waals surface area contributed by atoms with E-state index in [1.807, 2.05) is 19.0 Å². The average Bonchev–Trinajstić information content (AvgIpc) is 2.70. The lowest BCUT2D eigenvalue weighted by molar-refractivity contribution is 0.968. The molecule has 2 heterocycles. The summed E-state index contributed by atoms with van der Waals surface area (Å²) in [5, 5.41) is 10.1. The number of halogens is 1. The molecule has 0 fully saturated rings. The number of rotatable bonds is 3. The van der Waals surface area contributed by atoms with E-state index in [4.69, 9.17) is 11.6 Å². The molecule has 8 heteroatoms. The van der Waals surface area contributed by atoms with Crippen LogP contribution in [0.5, 0.6) is 0 Å². The van der Waals surface area contributed by atoms with Crippen LogP contribution in [-0.4, -0.2) is 34.3 Å². The molecule has 0 saturated carbocycles. The number of nitrogens with zero attached hydrogens (tertiary/aromatic N) is 5. The van der Waals surface area contributed by atoms with Gasteiger partial charge in [-0.3, -0.25) is 0 Å². The van der Waals surface area contributed by atoms with Gasteiger partial charge < -0.3 is 4.90 Å². The van der Waals surface area contributed by atoms with Crippen LogP contribution in [0.25, 0.3) is 0 Å². The van der Waals surface area contributed by atoms with Gasteiger partial charge in [0.05, 0.1) is 11.2 Å². The molecule has 0 unspecified atom stereocenters. The van der Waals surface area contributed by atoms with Crippen LogP contribution in [0, 0.1) is 0 Å². The molecule has 0 atom stereocenters. The lowest BCUT2D eigenvalue weighted by Crippen LogP contribution is -2.07. The SMILES string of the molecule is CN(C)c1nnc(Sc2ncncc2Cl)s1. The minimum atomic E-state index is 0.522. The molecule has 2 rings (SSSR count). The Balaban J connectivity index is 2.18. The third-order valence-electron chi connectivity index (χ3n) is 1.60. The second kappa shape index (κ2) is 4.94. The van der Waals surface area contributed by atoms with Crippen molar-refractivity contribution >= 4 is 39.8 Å². The predicted octanol–water partition coefficient (Wildman–Crippen LogP) is 2.20. The van der Waals surface area contributed by atoms with Crippen LogP contribution in [0.1, 0.15) is 0 Å². The number of hydrogen-bond donors (Lipinski definition) is 0. The standard InChI is InChI=1S/C8H8ClN5S2/c1-14(2)7-12-13-8(16-7)15-6-5(9)3-10-4-11-6/h3-4H,1-2H3. The first kappa shape index (κ1) is 11.6. The zero-order chi connectivity index (χ0) is 11.5. The van der Waals surface area contributed by atoms with Crippen LogP contribution in [0.15, 0.2) is 21.9 Å². The van der Waals surface area contributed by atoms with Gasteiger partial charge in [-0.05, 0) is 11.8 Å². The maximum atomic E-state index is 5.94. The summed E-state index contributed by atoms with van der Waals surface area (Å²) < 4.78 is 0.810. The van der Waals surface area contributed by atoms with Gasteiger partial charge >= 0.3 is 0 Å². The third kappa shape index (κ3) is 2.60. The number of aromatic nitrogens is 4. The van der Waals surface area contributed by atoms with E-state index in [0.717, 1.165) is 9.47 Å². The summed E-state index contributed by atoms with van der Waals surface area (Å²) in [5.41, 5.74) is 0. The molecule has 0 aliphatic heterocycles. The quantitative estimate of drug-likeness (QED) is 0.799. The molecule has 5 nitrogen and oxygen atoms in total. The van der Waals surface area contributed by atoms with Crippen molar-refractivity contribution in [3.63, 3.8) is 0 Å². The van der Waals surface area contributed by atoms with Gasteiger partial charge in [0, 0.05) is 14.1 Å². The van der Waals surface area contributed by atoms with E-state index in [1.165, 1.54) is 29.4 Å². The maximum absolute atomic E-state index is 5.94. The Morgan fingerprint density at radius 1 is 1.38 bits per heavy atom. The van der Waals surface area contributed by atoms with Crippen LogP contribution < -0.4 is 4.90 Å². The van der Waals surface area contributed by atoms with Crippen molar-refractivity contribution in [2.45, 2.75) is 9.37 Å². The lowest BCUT2D eigenvalue weighted by atomic mass is 10.7. The minimum Gasteiger partial charge on any atom is -0.353 e. The average molecular weight is 274 g/mol. The summed E-state index contributed by atoms with van der Waals surface area (Å²) in [6.45, 7) is 0. The molecule has 0 amide bonds. The summed E-state index contributed by atoms with van der Waals surface area (Å²) in [6.07, 6.45) is 3.02. The summed E-state index contributed by atoms with van der Waals surface area (Å²) in [5.74, 6) is 0. The minimum absolute atomic E-state index is 0.522. The van der Waals surface area contributed by atoms with Crippen LogP contribution >= 0.6 is 34.7 Å². The topological polar surface area (TPSA) is 54.8 Å². The molecule has 84 valence electrons. The lowest BCUT2D eigenvalue weighted by Gasteiger charge is -2.03. The molecular weight excluding hydrogens is 266 g/mol. The number of hydrogen-bond acceptors (Lipinski definition) is 7. The molecule has 0 bridgehead atoms. The summed E-state index contributed by atoms with van der Waals surface area (Å²) in [6, 6.07) is 0. The van der Waals surface area contributed by atoms with Gasteiger partial charge in [-0.2, -0.15) is 0 Å². The second-order valence-corrected chi connectivity index (χ2v) is 5.62. The molecule has 0 radical (unpaired) electrons. The molecular formula is C8H8ClN5S2. The van der Waals surface area contributed by atoms with Gasteiger partial charge in [-0.15, -0.1) is 10.2 Å². The van der Waals surface area contributed by atoms with Gasteiger partial charge in [-0.1, -0.05) is 22.9 Å². The van der Waals surface area contributed by atoms with Gasteiger partial charge in [0.25, 0.3) is 0 Å². The van der Waals surface area contributed by atoms with Gasteiger partial charge in [0.1, 0.15) is 11.4 Å². The normalized spacial score (nSPS) is 10.4. The molecule has 0 spiro atoms. The van der Waals surface area contributed by atoms with Gasteiger partial charge in [0.2, 0.25) is 5.13 Å². The predicted molar refractivity (Wildman–Crippen MR) is 65.4 cm³/mol. The van der Waals surface area contributed by atoms with Crippen molar-refractivity contribution in [2.24, 2.45) is 0 Å². The van der Waals surface area contributed by atoms with Crippen molar-refractivity contribution in [1.82, 2.24) is 20.2 Å². The highest BCUT2D eigenvalue weighted by Crippen LogP contribution is 2.34. The molecule has 0 aromatic carbocycles. The molecule has 0 saturated heterocycles. The zero-order valence-corrected chi connectivity index (χ0v) is 11.0. The Morgan fingerprint density at radius 2 is 2.19 bits per heavy atom. The first-order valence-corrected chi connectivity index (χ1v) is 6.32. The Bertz CT molecular complexity index is 487. The highest BCUT2D eigenvalue weighted by atomic mass is 35.5. The monoisotopic (exact) mass is 273 g/mol. The van der Waals surface area contributed by atoms with Crippen LogP contribution in [0.3, 0.4) is 0 Å².